The lowest BCUT2D eigenvalue weighted by Gasteiger charge is -2.42. The minimum Gasteiger partial charge on any atom is -0.306 e. The van der Waals surface area contributed by atoms with Crippen molar-refractivity contribution in [3.8, 4) is 0 Å². The van der Waals surface area contributed by atoms with E-state index >= 15 is 0 Å². The summed E-state index contributed by atoms with van der Waals surface area (Å²) >= 11 is 0. The van der Waals surface area contributed by atoms with Crippen molar-refractivity contribution in [2.24, 2.45) is 5.92 Å². The van der Waals surface area contributed by atoms with E-state index in [1.165, 1.54) is 58.0 Å². The van der Waals surface area contributed by atoms with E-state index in [1.54, 1.807) is 0 Å². The van der Waals surface area contributed by atoms with Gasteiger partial charge in [-0.25, -0.2) is 0 Å². The van der Waals surface area contributed by atoms with E-state index in [0.717, 1.165) is 18.0 Å². The molecule has 2 nitrogen and oxygen atoms in total. The number of hydrogen-bond donors (Lipinski definition) is 0. The van der Waals surface area contributed by atoms with Gasteiger partial charge in [0.1, 0.15) is 0 Å². The molecule has 0 atom stereocenters. The minimum atomic E-state index is 0.856. The van der Waals surface area contributed by atoms with E-state index in [4.69, 9.17) is 0 Å². The maximum Gasteiger partial charge on any atom is 0.0119 e. The molecule has 1 aliphatic carbocycles. The molecule has 0 radical (unpaired) electrons. The smallest absolute Gasteiger partial charge is 0.0119 e. The lowest BCUT2D eigenvalue weighted by atomic mass is 9.83. The number of likely N-dealkylation sites (tertiary alicyclic amines) is 1. The molecule has 2 aliphatic rings. The summed E-state index contributed by atoms with van der Waals surface area (Å²) in [5, 5.41) is 0. The highest BCUT2D eigenvalue weighted by Gasteiger charge is 2.28. The minimum absolute atomic E-state index is 0.856. The molecule has 2 heteroatoms. The van der Waals surface area contributed by atoms with Crippen molar-refractivity contribution in [1.29, 1.82) is 0 Å². The number of rotatable bonds is 3. The van der Waals surface area contributed by atoms with Crippen LogP contribution in [0.4, 0.5) is 0 Å². The number of nitrogens with zero attached hydrogens (tertiary/aromatic N) is 2. The van der Waals surface area contributed by atoms with Crippen molar-refractivity contribution in [3.63, 3.8) is 0 Å². The van der Waals surface area contributed by atoms with Crippen LogP contribution in [-0.2, 0) is 0 Å². The van der Waals surface area contributed by atoms with Crippen molar-refractivity contribution in [2.45, 2.75) is 64.0 Å². The summed E-state index contributed by atoms with van der Waals surface area (Å²) < 4.78 is 0. The molecule has 1 saturated heterocycles. The molecule has 0 aromatic rings. The Kier molecular flexibility index (Phi) is 4.87. The Morgan fingerprint density at radius 3 is 2.00 bits per heavy atom. The maximum absolute atomic E-state index is 2.72. The summed E-state index contributed by atoms with van der Waals surface area (Å²) in [6, 6.07) is 1.74. The molecule has 2 fully saturated rings. The molecule has 0 spiro atoms. The molecule has 0 aromatic heterocycles. The van der Waals surface area contributed by atoms with Crippen LogP contribution in [0.5, 0.6) is 0 Å². The summed E-state index contributed by atoms with van der Waals surface area (Å²) in [5.41, 5.74) is 0. The molecule has 0 N–H and O–H groups in total. The van der Waals surface area contributed by atoms with Gasteiger partial charge < -0.3 is 9.80 Å². The topological polar surface area (TPSA) is 6.48 Å². The third-order valence-electron chi connectivity index (χ3n) is 5.23. The molecule has 1 saturated carbocycles. The molecule has 0 aromatic carbocycles. The summed E-state index contributed by atoms with van der Waals surface area (Å²) in [6.07, 6.45) is 9.98. The van der Waals surface area contributed by atoms with E-state index < -0.39 is 0 Å². The quantitative estimate of drug-likeness (QED) is 0.746. The Morgan fingerprint density at radius 1 is 0.941 bits per heavy atom. The number of piperidine rings is 1. The average molecular weight is 238 g/mol. The predicted octanol–water partition coefficient (Wildman–Crippen LogP) is 2.98. The van der Waals surface area contributed by atoms with Crippen LogP contribution in [0.2, 0.25) is 0 Å². The molecule has 2 rings (SSSR count). The summed E-state index contributed by atoms with van der Waals surface area (Å²) in [7, 11) is 4.63. The van der Waals surface area contributed by atoms with Crippen molar-refractivity contribution < 1.29 is 0 Å². The Bertz CT molecular complexity index is 213. The van der Waals surface area contributed by atoms with Crippen LogP contribution in [0.1, 0.15) is 51.9 Å². The van der Waals surface area contributed by atoms with E-state index in [1.807, 2.05) is 0 Å². The van der Waals surface area contributed by atoms with Crippen LogP contribution in [-0.4, -0.2) is 49.1 Å². The van der Waals surface area contributed by atoms with Crippen molar-refractivity contribution >= 4 is 0 Å². The van der Waals surface area contributed by atoms with Gasteiger partial charge in [-0.3, -0.25) is 0 Å². The van der Waals surface area contributed by atoms with Gasteiger partial charge in [-0.1, -0.05) is 13.3 Å². The lowest BCUT2D eigenvalue weighted by molar-refractivity contribution is 0.0786. The van der Waals surface area contributed by atoms with Crippen LogP contribution >= 0.6 is 0 Å². The average Bonchev–Trinajstić information content (AvgIpc) is 2.39. The molecule has 0 bridgehead atoms. The first kappa shape index (κ1) is 13.4. The fourth-order valence-corrected chi connectivity index (χ4v) is 3.66. The highest BCUT2D eigenvalue weighted by molar-refractivity contribution is 4.84. The molecule has 1 heterocycles. The van der Waals surface area contributed by atoms with Crippen LogP contribution < -0.4 is 0 Å². The van der Waals surface area contributed by atoms with Crippen LogP contribution in [0.25, 0.3) is 0 Å². The zero-order chi connectivity index (χ0) is 12.3. The van der Waals surface area contributed by atoms with Crippen molar-refractivity contribution in [2.75, 3.05) is 27.2 Å². The Balaban J connectivity index is 1.78. The highest BCUT2D eigenvalue weighted by Crippen LogP contribution is 2.31. The fourth-order valence-electron chi connectivity index (χ4n) is 3.66. The number of hydrogen-bond acceptors (Lipinski definition) is 2. The summed E-state index contributed by atoms with van der Waals surface area (Å²) in [4.78, 5) is 5.19. The largest absolute Gasteiger partial charge is 0.306 e. The van der Waals surface area contributed by atoms with E-state index in [9.17, 15) is 0 Å². The Morgan fingerprint density at radius 2 is 1.47 bits per heavy atom. The van der Waals surface area contributed by atoms with Gasteiger partial charge in [0.15, 0.2) is 0 Å². The predicted molar refractivity (Wildman–Crippen MR) is 74.3 cm³/mol. The van der Waals surface area contributed by atoms with Crippen LogP contribution in [0.15, 0.2) is 0 Å². The lowest BCUT2D eigenvalue weighted by Crippen LogP contribution is -2.47. The van der Waals surface area contributed by atoms with E-state index in [-0.39, 0.29) is 0 Å². The molecule has 0 unspecified atom stereocenters. The first-order valence-electron chi connectivity index (χ1n) is 7.61. The first-order valence-corrected chi connectivity index (χ1v) is 7.61. The van der Waals surface area contributed by atoms with Gasteiger partial charge in [0, 0.05) is 12.1 Å². The highest BCUT2D eigenvalue weighted by atomic mass is 15.2. The second kappa shape index (κ2) is 6.19. The van der Waals surface area contributed by atoms with Gasteiger partial charge in [-0.2, -0.15) is 0 Å². The Hall–Kier alpha value is -0.0800. The fraction of sp³-hybridized carbons (Fsp3) is 1.00. The van der Waals surface area contributed by atoms with Gasteiger partial charge in [-0.05, 0) is 71.6 Å². The van der Waals surface area contributed by atoms with E-state index in [2.05, 4.69) is 30.8 Å². The molecule has 1 aliphatic heterocycles. The maximum atomic E-state index is 2.72. The molecule has 17 heavy (non-hydrogen) atoms. The zero-order valence-electron chi connectivity index (χ0n) is 12.0. The summed E-state index contributed by atoms with van der Waals surface area (Å²) in [6.45, 7) is 4.93. The molecule has 0 amide bonds. The second-order valence-corrected chi connectivity index (χ2v) is 6.28. The standard InChI is InChI=1S/C15H30N2/c1-4-13-5-7-14(8-6-13)17(3)15-9-11-16(2)12-10-15/h13-15H,4-12H2,1-3H3. The molecular weight excluding hydrogens is 208 g/mol. The molecular formula is C15H30N2. The molecule has 100 valence electrons. The normalized spacial score (nSPS) is 33.2. The van der Waals surface area contributed by atoms with Crippen LogP contribution in [0, 0.1) is 5.92 Å². The van der Waals surface area contributed by atoms with Gasteiger partial charge in [0.2, 0.25) is 0 Å². The van der Waals surface area contributed by atoms with Gasteiger partial charge in [-0.15, -0.1) is 0 Å². The van der Waals surface area contributed by atoms with Crippen molar-refractivity contribution in [1.82, 2.24) is 9.80 Å². The SMILES string of the molecule is CCC1CCC(N(C)C2CCN(C)CC2)CC1. The monoisotopic (exact) mass is 238 g/mol. The van der Waals surface area contributed by atoms with Gasteiger partial charge in [0.25, 0.3) is 0 Å². The van der Waals surface area contributed by atoms with Gasteiger partial charge >= 0.3 is 0 Å². The van der Waals surface area contributed by atoms with Crippen LogP contribution in [0.3, 0.4) is 0 Å². The van der Waals surface area contributed by atoms with Crippen molar-refractivity contribution in [3.05, 3.63) is 0 Å². The zero-order valence-corrected chi connectivity index (χ0v) is 12.0. The van der Waals surface area contributed by atoms with Gasteiger partial charge in [0.05, 0.1) is 0 Å². The second-order valence-electron chi connectivity index (χ2n) is 6.28. The Labute approximate surface area is 107 Å². The van der Waals surface area contributed by atoms with E-state index in [0.29, 0.717) is 0 Å². The first-order chi connectivity index (χ1) is 8.20. The summed E-state index contributed by atoms with van der Waals surface area (Å²) in [5.74, 6) is 1.03. The third kappa shape index (κ3) is 3.45. The third-order valence-corrected chi connectivity index (χ3v) is 5.23.